The number of hydrogen-bond donors (Lipinski definition) is 0. The fourth-order valence-corrected chi connectivity index (χ4v) is 4.20. The van der Waals surface area contributed by atoms with E-state index in [2.05, 4.69) is 102 Å². The average Bonchev–Trinajstić information content (AvgIpc) is 3.55. The van der Waals surface area contributed by atoms with Gasteiger partial charge in [0, 0.05) is 0 Å². The van der Waals surface area contributed by atoms with Crippen molar-refractivity contribution < 1.29 is 20.8 Å². The van der Waals surface area contributed by atoms with E-state index in [1.54, 1.807) is 0 Å². The van der Waals surface area contributed by atoms with Gasteiger partial charge in [0.05, 0.1) is 0 Å². The third kappa shape index (κ3) is 9.29. The van der Waals surface area contributed by atoms with Crippen molar-refractivity contribution in [3.63, 3.8) is 0 Å². The zero-order valence-corrected chi connectivity index (χ0v) is 25.7. The molecule has 0 amide bonds. The Morgan fingerprint density at radius 3 is 1.26 bits per heavy atom. The summed E-state index contributed by atoms with van der Waals surface area (Å²) < 4.78 is 0. The molecule has 3 heteroatoms. The fourth-order valence-electron chi connectivity index (χ4n) is 4.20. The number of rotatable bonds is 6. The standard InChI is InChI=1S/2C13H15.C5H11.2ClH.Zr/c2*1-3-10-8-9-11(4-2)13-7-5-6-12(10)13;1-3-5-4-2;;;/h2*5-9H,3-4H2,1-2H3;1,3-5H2,2H3;2*1H;/q3*-1;;;+2/p-2. The maximum atomic E-state index is 4.93. The molecule has 0 N–H and O–H groups in total. The minimum atomic E-state index is -0.826. The number of hydrogen-bond acceptors (Lipinski definition) is 0. The van der Waals surface area contributed by atoms with E-state index in [1.165, 1.54) is 56.6 Å². The molecule has 0 atom stereocenters. The van der Waals surface area contributed by atoms with Crippen LogP contribution in [0.4, 0.5) is 0 Å². The summed E-state index contributed by atoms with van der Waals surface area (Å²) in [5.74, 6) is 0. The van der Waals surface area contributed by atoms with Crippen LogP contribution in [-0.2, 0) is 46.5 Å². The Morgan fingerprint density at radius 2 is 1.00 bits per heavy atom. The summed E-state index contributed by atoms with van der Waals surface area (Å²) in [4.78, 5) is 0. The van der Waals surface area contributed by atoms with Crippen LogP contribution in [0.25, 0.3) is 21.5 Å². The Morgan fingerprint density at radius 1 is 0.647 bits per heavy atom. The summed E-state index contributed by atoms with van der Waals surface area (Å²) in [7, 11) is 9.87. The topological polar surface area (TPSA) is 0 Å². The molecule has 0 aliphatic carbocycles. The minimum absolute atomic E-state index is 0.826. The van der Waals surface area contributed by atoms with Crippen molar-refractivity contribution >= 4 is 38.6 Å². The molecule has 4 aromatic rings. The summed E-state index contributed by atoms with van der Waals surface area (Å²) in [5, 5.41) is 5.78. The van der Waals surface area contributed by atoms with Gasteiger partial charge in [-0.2, -0.15) is 30.7 Å². The zero-order valence-electron chi connectivity index (χ0n) is 21.7. The van der Waals surface area contributed by atoms with Crippen molar-refractivity contribution in [2.45, 2.75) is 79.6 Å². The number of fused-ring (bicyclic) bond motifs is 2. The van der Waals surface area contributed by atoms with E-state index in [4.69, 9.17) is 17.0 Å². The van der Waals surface area contributed by atoms with E-state index in [0.29, 0.717) is 0 Å². The molecule has 0 spiro atoms. The third-order valence-electron chi connectivity index (χ3n) is 6.11. The Kier molecular flexibility index (Phi) is 16.9. The number of benzene rings is 2. The van der Waals surface area contributed by atoms with Crippen LogP contribution in [0.2, 0.25) is 0 Å². The molecule has 0 radical (unpaired) electrons. The van der Waals surface area contributed by atoms with Gasteiger partial charge in [0.2, 0.25) is 0 Å². The predicted octanol–water partition coefficient (Wildman–Crippen LogP) is 10.8. The summed E-state index contributed by atoms with van der Waals surface area (Å²) in [6.07, 6.45) is 8.17. The van der Waals surface area contributed by atoms with E-state index in [0.717, 1.165) is 32.1 Å². The van der Waals surface area contributed by atoms with Crippen LogP contribution in [0.5, 0.6) is 0 Å². The number of unbranched alkanes of at least 4 members (excludes halogenated alkanes) is 2. The Labute approximate surface area is 227 Å². The SMILES string of the molecule is CCc1ccc(CC)c2[cH-]ccc12.CCc1ccc(CC)c2[cH-]ccc12.[CH2-]CCCC.[Cl][Zr][Cl]. The Hall–Kier alpha value is -0.877. The second-order valence-corrected chi connectivity index (χ2v) is 11.9. The third-order valence-corrected chi connectivity index (χ3v) is 6.11. The second-order valence-electron chi connectivity index (χ2n) is 8.17. The second kappa shape index (κ2) is 18.4. The van der Waals surface area contributed by atoms with E-state index in [-0.39, 0.29) is 0 Å². The van der Waals surface area contributed by atoms with Crippen molar-refractivity contribution in [2.24, 2.45) is 0 Å². The van der Waals surface area contributed by atoms with Gasteiger partial charge in [-0.25, -0.2) is 0 Å². The van der Waals surface area contributed by atoms with Gasteiger partial charge in [-0.05, 0) is 12.8 Å². The van der Waals surface area contributed by atoms with E-state index in [1.807, 2.05) is 0 Å². The first kappa shape index (κ1) is 31.2. The first-order chi connectivity index (χ1) is 16.6. The first-order valence-corrected chi connectivity index (χ1v) is 19.0. The Bertz CT molecular complexity index is 898. The fraction of sp³-hybridized carbons (Fsp3) is 0.387. The average molecular weight is 576 g/mol. The van der Waals surface area contributed by atoms with Crippen LogP contribution >= 0.6 is 17.0 Å². The molecule has 0 saturated heterocycles. The number of aryl methyl sites for hydroxylation is 4. The van der Waals surface area contributed by atoms with Gasteiger partial charge in [-0.3, -0.25) is 0 Å². The van der Waals surface area contributed by atoms with E-state index >= 15 is 0 Å². The summed E-state index contributed by atoms with van der Waals surface area (Å²) in [6.45, 7) is 14.7. The van der Waals surface area contributed by atoms with Gasteiger partial charge in [0.25, 0.3) is 0 Å². The van der Waals surface area contributed by atoms with Crippen LogP contribution in [0.15, 0.2) is 60.7 Å². The molecule has 186 valence electrons. The van der Waals surface area contributed by atoms with Crippen molar-refractivity contribution in [1.29, 1.82) is 0 Å². The van der Waals surface area contributed by atoms with Crippen LogP contribution < -0.4 is 0 Å². The van der Waals surface area contributed by atoms with Crippen LogP contribution in [0, 0.1) is 6.92 Å². The van der Waals surface area contributed by atoms with E-state index < -0.39 is 20.8 Å². The summed E-state index contributed by atoms with van der Waals surface area (Å²) >= 11 is -0.826. The quantitative estimate of drug-likeness (QED) is 0.201. The van der Waals surface area contributed by atoms with Gasteiger partial charge in [0.15, 0.2) is 0 Å². The molecule has 4 aromatic carbocycles. The monoisotopic (exact) mass is 573 g/mol. The molecule has 0 unspecified atom stereocenters. The zero-order chi connectivity index (χ0) is 25.3. The van der Waals surface area contributed by atoms with Crippen molar-refractivity contribution in [1.82, 2.24) is 0 Å². The van der Waals surface area contributed by atoms with Crippen LogP contribution in [0.1, 0.15) is 76.1 Å². The van der Waals surface area contributed by atoms with Crippen molar-refractivity contribution in [2.75, 3.05) is 0 Å². The van der Waals surface area contributed by atoms with Gasteiger partial charge in [0.1, 0.15) is 0 Å². The van der Waals surface area contributed by atoms with Crippen LogP contribution in [0.3, 0.4) is 0 Å². The Balaban J connectivity index is 0.000000261. The molecule has 0 aliphatic rings. The molecule has 0 fully saturated rings. The normalized spacial score (nSPS) is 10.0. The van der Waals surface area contributed by atoms with Crippen molar-refractivity contribution in [3.05, 3.63) is 89.8 Å². The maximum absolute atomic E-state index is 4.93. The molecule has 4 rings (SSSR count). The molecule has 34 heavy (non-hydrogen) atoms. The summed E-state index contributed by atoms with van der Waals surface area (Å²) in [6, 6.07) is 22.3. The molecule has 0 saturated carbocycles. The molecular formula is C31H41Cl2Zr-3. The van der Waals surface area contributed by atoms with Gasteiger partial charge >= 0.3 is 37.9 Å². The van der Waals surface area contributed by atoms with Gasteiger partial charge < -0.3 is 6.92 Å². The van der Waals surface area contributed by atoms with Crippen LogP contribution in [-0.4, -0.2) is 0 Å². The van der Waals surface area contributed by atoms with Gasteiger partial charge in [-0.15, -0.1) is 56.9 Å². The molecule has 0 bridgehead atoms. The number of halogens is 2. The molecule has 0 aromatic heterocycles. The molecular weight excluding hydrogens is 534 g/mol. The molecule has 0 heterocycles. The van der Waals surface area contributed by atoms with E-state index in [9.17, 15) is 0 Å². The van der Waals surface area contributed by atoms with Crippen molar-refractivity contribution in [3.8, 4) is 0 Å². The first-order valence-electron chi connectivity index (χ1n) is 12.6. The van der Waals surface area contributed by atoms with Gasteiger partial charge in [-0.1, -0.05) is 83.6 Å². The summed E-state index contributed by atoms with van der Waals surface area (Å²) in [5.41, 5.74) is 5.88. The predicted molar refractivity (Wildman–Crippen MR) is 153 cm³/mol. The molecule has 0 nitrogen and oxygen atoms in total. The molecule has 0 aliphatic heterocycles.